The lowest BCUT2D eigenvalue weighted by molar-refractivity contribution is -0.0519. The molecule has 1 fully saturated rings. The van der Waals surface area contributed by atoms with Crippen LogP contribution in [-0.4, -0.2) is 45.8 Å². The van der Waals surface area contributed by atoms with Crippen LogP contribution in [0.15, 0.2) is 0 Å². The number of rotatable bonds is 9. The molecule has 1 atom stereocenters. The smallest absolute Gasteiger partial charge is 0.248 e. The average molecular weight is 264 g/mol. The maximum Gasteiger partial charge on any atom is 0.248 e. The first kappa shape index (κ1) is 15.8. The Labute approximate surface area is 109 Å². The van der Waals surface area contributed by atoms with E-state index in [0.29, 0.717) is 6.42 Å². The minimum atomic E-state index is -2.42. The SMILES string of the molecule is COCCNCCCNCC1CCCC(F)(F)C1. The zero-order valence-electron chi connectivity index (χ0n) is 11.3. The third kappa shape index (κ3) is 7.24. The second kappa shape index (κ2) is 8.77. The predicted octanol–water partition coefficient (Wildman–Crippen LogP) is 2.03. The normalized spacial score (nSPS) is 23.2. The predicted molar refractivity (Wildman–Crippen MR) is 69.1 cm³/mol. The highest BCUT2D eigenvalue weighted by Crippen LogP contribution is 2.36. The van der Waals surface area contributed by atoms with E-state index in [1.807, 2.05) is 0 Å². The van der Waals surface area contributed by atoms with Crippen LogP contribution in [0.4, 0.5) is 8.78 Å². The molecule has 0 aromatic heterocycles. The van der Waals surface area contributed by atoms with Crippen LogP contribution in [0.2, 0.25) is 0 Å². The third-order valence-electron chi connectivity index (χ3n) is 3.37. The molecule has 3 nitrogen and oxygen atoms in total. The Kier molecular flexibility index (Phi) is 7.70. The molecule has 0 aromatic rings. The van der Waals surface area contributed by atoms with Gasteiger partial charge in [-0.3, -0.25) is 0 Å². The van der Waals surface area contributed by atoms with Gasteiger partial charge in [0.2, 0.25) is 5.92 Å². The average Bonchev–Trinajstić information content (AvgIpc) is 2.31. The summed E-state index contributed by atoms with van der Waals surface area (Å²) in [6.45, 7) is 4.16. The number of nitrogens with one attached hydrogen (secondary N) is 2. The van der Waals surface area contributed by atoms with Crippen molar-refractivity contribution in [3.8, 4) is 0 Å². The maximum absolute atomic E-state index is 13.2. The molecule has 5 heteroatoms. The Morgan fingerprint density at radius 1 is 1.22 bits per heavy atom. The van der Waals surface area contributed by atoms with Crippen LogP contribution >= 0.6 is 0 Å². The standard InChI is InChI=1S/C13H26F2N2O/c1-18-9-8-16-6-3-7-17-11-12-4-2-5-13(14,15)10-12/h12,16-17H,2-11H2,1H3. The van der Waals surface area contributed by atoms with Gasteiger partial charge in [0.15, 0.2) is 0 Å². The maximum atomic E-state index is 13.2. The van der Waals surface area contributed by atoms with E-state index in [-0.39, 0.29) is 18.8 Å². The van der Waals surface area contributed by atoms with Gasteiger partial charge in [0.25, 0.3) is 0 Å². The van der Waals surface area contributed by atoms with Crippen molar-refractivity contribution >= 4 is 0 Å². The number of hydrogen-bond acceptors (Lipinski definition) is 3. The fraction of sp³-hybridized carbons (Fsp3) is 1.00. The molecule has 1 saturated carbocycles. The summed E-state index contributed by atoms with van der Waals surface area (Å²) in [6, 6.07) is 0. The lowest BCUT2D eigenvalue weighted by Gasteiger charge is -2.29. The molecule has 1 aliphatic rings. The Hall–Kier alpha value is -0.260. The molecule has 0 spiro atoms. The van der Waals surface area contributed by atoms with Gasteiger partial charge in [0.1, 0.15) is 0 Å². The number of halogens is 2. The van der Waals surface area contributed by atoms with Crippen molar-refractivity contribution < 1.29 is 13.5 Å². The van der Waals surface area contributed by atoms with Gasteiger partial charge in [-0.2, -0.15) is 0 Å². The number of ether oxygens (including phenoxy) is 1. The monoisotopic (exact) mass is 264 g/mol. The zero-order chi connectivity index (χ0) is 13.3. The van der Waals surface area contributed by atoms with Crippen LogP contribution in [0.5, 0.6) is 0 Å². The van der Waals surface area contributed by atoms with Crippen molar-refractivity contribution in [3.05, 3.63) is 0 Å². The highest BCUT2D eigenvalue weighted by atomic mass is 19.3. The number of methoxy groups -OCH3 is 1. The largest absolute Gasteiger partial charge is 0.383 e. The van der Waals surface area contributed by atoms with Crippen molar-refractivity contribution in [2.45, 2.75) is 38.0 Å². The molecule has 18 heavy (non-hydrogen) atoms. The lowest BCUT2D eigenvalue weighted by atomic mass is 9.86. The fourth-order valence-electron chi connectivity index (χ4n) is 2.39. The summed E-state index contributed by atoms with van der Waals surface area (Å²) < 4.78 is 31.2. The number of hydrogen-bond donors (Lipinski definition) is 2. The molecular formula is C13H26F2N2O. The van der Waals surface area contributed by atoms with Crippen LogP contribution in [-0.2, 0) is 4.74 Å². The molecule has 0 radical (unpaired) electrons. The van der Waals surface area contributed by atoms with Gasteiger partial charge in [-0.25, -0.2) is 8.78 Å². The summed E-state index contributed by atoms with van der Waals surface area (Å²) >= 11 is 0. The van der Waals surface area contributed by atoms with Gasteiger partial charge in [0.05, 0.1) is 6.61 Å². The topological polar surface area (TPSA) is 33.3 Å². The van der Waals surface area contributed by atoms with Gasteiger partial charge >= 0.3 is 0 Å². The molecule has 2 N–H and O–H groups in total. The van der Waals surface area contributed by atoms with Gasteiger partial charge in [0, 0.05) is 26.5 Å². The highest BCUT2D eigenvalue weighted by Gasteiger charge is 2.35. The van der Waals surface area contributed by atoms with Gasteiger partial charge in [-0.05, 0) is 44.8 Å². The Morgan fingerprint density at radius 2 is 2.00 bits per heavy atom. The third-order valence-corrected chi connectivity index (χ3v) is 3.37. The molecule has 1 unspecified atom stereocenters. The molecule has 0 bridgehead atoms. The summed E-state index contributed by atoms with van der Waals surface area (Å²) in [5.74, 6) is -2.28. The Balaban J connectivity index is 1.91. The van der Waals surface area contributed by atoms with Crippen molar-refractivity contribution in [3.63, 3.8) is 0 Å². The summed E-state index contributed by atoms with van der Waals surface area (Å²) in [5, 5.41) is 6.53. The van der Waals surface area contributed by atoms with E-state index in [1.54, 1.807) is 7.11 Å². The van der Waals surface area contributed by atoms with E-state index in [1.165, 1.54) is 0 Å². The van der Waals surface area contributed by atoms with Gasteiger partial charge < -0.3 is 15.4 Å². The molecule has 1 aliphatic carbocycles. The summed E-state index contributed by atoms with van der Waals surface area (Å²) in [6.07, 6.45) is 2.76. The van der Waals surface area contributed by atoms with E-state index in [9.17, 15) is 8.78 Å². The molecular weight excluding hydrogens is 238 g/mol. The van der Waals surface area contributed by atoms with Crippen LogP contribution in [0.1, 0.15) is 32.1 Å². The van der Waals surface area contributed by atoms with Crippen LogP contribution in [0.3, 0.4) is 0 Å². The highest BCUT2D eigenvalue weighted by molar-refractivity contribution is 4.79. The van der Waals surface area contributed by atoms with Crippen molar-refractivity contribution in [1.82, 2.24) is 10.6 Å². The molecule has 1 rings (SSSR count). The first-order valence-corrected chi connectivity index (χ1v) is 6.92. The first-order valence-electron chi connectivity index (χ1n) is 6.92. The van der Waals surface area contributed by atoms with E-state index >= 15 is 0 Å². The number of alkyl halides is 2. The van der Waals surface area contributed by atoms with Crippen molar-refractivity contribution in [2.24, 2.45) is 5.92 Å². The fourth-order valence-corrected chi connectivity index (χ4v) is 2.39. The zero-order valence-corrected chi connectivity index (χ0v) is 11.3. The van der Waals surface area contributed by atoms with E-state index < -0.39 is 5.92 Å². The molecule has 0 saturated heterocycles. The second-order valence-electron chi connectivity index (χ2n) is 5.12. The second-order valence-corrected chi connectivity index (χ2v) is 5.12. The van der Waals surface area contributed by atoms with Gasteiger partial charge in [-0.15, -0.1) is 0 Å². The first-order chi connectivity index (χ1) is 8.64. The van der Waals surface area contributed by atoms with Crippen molar-refractivity contribution in [1.29, 1.82) is 0 Å². The minimum absolute atomic E-state index is 0.0616. The Bertz CT molecular complexity index is 215. The Morgan fingerprint density at radius 3 is 2.72 bits per heavy atom. The molecule has 0 aliphatic heterocycles. The van der Waals surface area contributed by atoms with Crippen LogP contribution in [0.25, 0.3) is 0 Å². The summed E-state index contributed by atoms with van der Waals surface area (Å²) in [7, 11) is 1.68. The molecule has 0 aromatic carbocycles. The molecule has 0 heterocycles. The molecule has 0 amide bonds. The van der Waals surface area contributed by atoms with Crippen LogP contribution in [0, 0.1) is 5.92 Å². The quantitative estimate of drug-likeness (QED) is 0.625. The van der Waals surface area contributed by atoms with Gasteiger partial charge in [-0.1, -0.05) is 0 Å². The van der Waals surface area contributed by atoms with Crippen molar-refractivity contribution in [2.75, 3.05) is 39.9 Å². The molecule has 108 valence electrons. The van der Waals surface area contributed by atoms with E-state index in [0.717, 1.165) is 45.6 Å². The van der Waals surface area contributed by atoms with E-state index in [2.05, 4.69) is 10.6 Å². The summed E-state index contributed by atoms with van der Waals surface area (Å²) in [5.41, 5.74) is 0. The van der Waals surface area contributed by atoms with E-state index in [4.69, 9.17) is 4.74 Å². The minimum Gasteiger partial charge on any atom is -0.383 e. The summed E-state index contributed by atoms with van der Waals surface area (Å²) in [4.78, 5) is 0. The lowest BCUT2D eigenvalue weighted by Crippen LogP contribution is -2.33. The van der Waals surface area contributed by atoms with Crippen LogP contribution < -0.4 is 10.6 Å².